The molecule has 4 nitrogen and oxygen atoms in total. The molecule has 2 N–H and O–H groups in total. The lowest BCUT2D eigenvalue weighted by Gasteiger charge is -1.97. The minimum atomic E-state index is -0.143. The van der Waals surface area contributed by atoms with Gasteiger partial charge < -0.3 is 5.32 Å². The number of rotatable bonds is 4. The molecule has 2 aromatic heterocycles. The second-order valence-corrected chi connectivity index (χ2v) is 5.05. The van der Waals surface area contributed by atoms with E-state index in [0.717, 1.165) is 10.4 Å². The Morgan fingerprint density at radius 1 is 1.59 bits per heavy atom. The molecule has 6 heteroatoms. The maximum Gasteiger partial charge on any atom is 0.244 e. The summed E-state index contributed by atoms with van der Waals surface area (Å²) in [6.45, 7) is 0.463. The standard InChI is InChI=1S/C11H10ClN3OS/c12-10-3-1-9(17-10)2-4-11(16)13-5-8-6-14-15-7-8/h1-4,6-7H,5H2,(H,13,16)(H,14,15)/b4-2+. The highest BCUT2D eigenvalue weighted by atomic mass is 35.5. The van der Waals surface area contributed by atoms with Crippen molar-refractivity contribution in [1.82, 2.24) is 15.5 Å². The Bertz CT molecular complexity index is 519. The zero-order valence-electron chi connectivity index (χ0n) is 8.81. The van der Waals surface area contributed by atoms with Crippen molar-refractivity contribution in [2.45, 2.75) is 6.54 Å². The first-order chi connectivity index (χ1) is 8.24. The molecule has 2 aromatic rings. The van der Waals surface area contributed by atoms with Crippen LogP contribution in [0, 0.1) is 0 Å². The summed E-state index contributed by atoms with van der Waals surface area (Å²) in [5.41, 5.74) is 0.936. The lowest BCUT2D eigenvalue weighted by Crippen LogP contribution is -2.19. The molecular formula is C11H10ClN3OS. The average Bonchev–Trinajstić information content (AvgIpc) is 2.95. The van der Waals surface area contributed by atoms with Crippen LogP contribution in [0.1, 0.15) is 10.4 Å². The van der Waals surface area contributed by atoms with Crippen molar-refractivity contribution in [3.63, 3.8) is 0 Å². The first-order valence-corrected chi connectivity index (χ1v) is 6.12. The number of thiophene rings is 1. The van der Waals surface area contributed by atoms with Crippen molar-refractivity contribution in [2.24, 2.45) is 0 Å². The Kier molecular flexibility index (Phi) is 3.95. The quantitative estimate of drug-likeness (QED) is 0.836. The molecule has 0 unspecified atom stereocenters. The molecular weight excluding hydrogens is 258 g/mol. The zero-order chi connectivity index (χ0) is 12.1. The van der Waals surface area contributed by atoms with Crippen LogP contribution in [0.4, 0.5) is 0 Å². The largest absolute Gasteiger partial charge is 0.348 e. The normalized spacial score (nSPS) is 10.9. The van der Waals surface area contributed by atoms with Gasteiger partial charge in [-0.3, -0.25) is 9.89 Å². The monoisotopic (exact) mass is 267 g/mol. The number of hydrogen-bond acceptors (Lipinski definition) is 3. The predicted molar refractivity (Wildman–Crippen MR) is 68.8 cm³/mol. The van der Waals surface area contributed by atoms with E-state index < -0.39 is 0 Å². The molecule has 0 aliphatic rings. The maximum absolute atomic E-state index is 11.5. The molecule has 2 rings (SSSR count). The first-order valence-electron chi connectivity index (χ1n) is 4.93. The van der Waals surface area contributed by atoms with Crippen molar-refractivity contribution in [2.75, 3.05) is 0 Å². The molecule has 0 aromatic carbocycles. The van der Waals surface area contributed by atoms with Crippen LogP contribution in [0.5, 0.6) is 0 Å². The van der Waals surface area contributed by atoms with Crippen LogP contribution in [-0.2, 0) is 11.3 Å². The van der Waals surface area contributed by atoms with Crippen LogP contribution >= 0.6 is 22.9 Å². The van der Waals surface area contributed by atoms with E-state index in [0.29, 0.717) is 10.9 Å². The number of carbonyl (C=O) groups is 1. The van der Waals surface area contributed by atoms with Gasteiger partial charge in [-0.15, -0.1) is 11.3 Å². The number of hydrogen-bond donors (Lipinski definition) is 2. The molecule has 0 atom stereocenters. The SMILES string of the molecule is O=C(/C=C/c1ccc(Cl)s1)NCc1cn[nH]c1. The number of H-pyrrole nitrogens is 1. The fraction of sp³-hybridized carbons (Fsp3) is 0.0909. The van der Waals surface area contributed by atoms with Gasteiger partial charge in [0.2, 0.25) is 5.91 Å². The Morgan fingerprint density at radius 3 is 3.12 bits per heavy atom. The minimum absolute atomic E-state index is 0.143. The van der Waals surface area contributed by atoms with Crippen molar-refractivity contribution >= 4 is 34.9 Å². The fourth-order valence-electron chi connectivity index (χ4n) is 1.20. The Labute approximate surface area is 107 Å². The van der Waals surface area contributed by atoms with Gasteiger partial charge in [0.1, 0.15) is 0 Å². The molecule has 17 heavy (non-hydrogen) atoms. The summed E-state index contributed by atoms with van der Waals surface area (Å²) in [6.07, 6.45) is 6.63. The molecule has 0 saturated heterocycles. The van der Waals surface area contributed by atoms with Gasteiger partial charge in [-0.1, -0.05) is 11.6 Å². The Morgan fingerprint density at radius 2 is 2.47 bits per heavy atom. The van der Waals surface area contributed by atoms with Crippen molar-refractivity contribution in [1.29, 1.82) is 0 Å². The van der Waals surface area contributed by atoms with E-state index in [1.165, 1.54) is 17.4 Å². The third kappa shape index (κ3) is 3.72. The number of aromatic amines is 1. The van der Waals surface area contributed by atoms with Gasteiger partial charge >= 0.3 is 0 Å². The summed E-state index contributed by atoms with van der Waals surface area (Å²) < 4.78 is 0.712. The highest BCUT2D eigenvalue weighted by molar-refractivity contribution is 7.17. The van der Waals surface area contributed by atoms with Gasteiger partial charge in [-0.05, 0) is 18.2 Å². The smallest absolute Gasteiger partial charge is 0.244 e. The van der Waals surface area contributed by atoms with E-state index in [-0.39, 0.29) is 5.91 Å². The zero-order valence-corrected chi connectivity index (χ0v) is 10.4. The maximum atomic E-state index is 11.5. The Hall–Kier alpha value is -1.59. The fourth-order valence-corrected chi connectivity index (χ4v) is 2.16. The summed E-state index contributed by atoms with van der Waals surface area (Å²) >= 11 is 7.21. The van der Waals surface area contributed by atoms with E-state index in [4.69, 9.17) is 11.6 Å². The number of amides is 1. The molecule has 0 aliphatic heterocycles. The van der Waals surface area contributed by atoms with Crippen LogP contribution in [-0.4, -0.2) is 16.1 Å². The van der Waals surface area contributed by atoms with Gasteiger partial charge in [0.05, 0.1) is 10.5 Å². The number of halogens is 1. The van der Waals surface area contributed by atoms with E-state index in [1.807, 2.05) is 6.07 Å². The molecule has 0 bridgehead atoms. The molecule has 0 saturated carbocycles. The summed E-state index contributed by atoms with van der Waals surface area (Å²) in [6, 6.07) is 3.67. The van der Waals surface area contributed by atoms with Gasteiger partial charge in [-0.2, -0.15) is 5.10 Å². The lowest BCUT2D eigenvalue weighted by atomic mass is 10.3. The molecule has 2 heterocycles. The Balaban J connectivity index is 1.83. The van der Waals surface area contributed by atoms with Crippen LogP contribution in [0.3, 0.4) is 0 Å². The van der Waals surface area contributed by atoms with E-state index >= 15 is 0 Å². The number of nitrogens with zero attached hydrogens (tertiary/aromatic N) is 1. The summed E-state index contributed by atoms with van der Waals surface area (Å²) in [5, 5.41) is 9.22. The van der Waals surface area contributed by atoms with Crippen molar-refractivity contribution < 1.29 is 4.79 Å². The summed E-state index contributed by atoms with van der Waals surface area (Å²) in [4.78, 5) is 12.4. The molecule has 1 amide bonds. The summed E-state index contributed by atoms with van der Waals surface area (Å²) in [7, 11) is 0. The molecule has 0 fully saturated rings. The van der Waals surface area contributed by atoms with Crippen molar-refractivity contribution in [3.05, 3.63) is 45.4 Å². The molecule has 0 aliphatic carbocycles. The van der Waals surface area contributed by atoms with Crippen LogP contribution in [0.25, 0.3) is 6.08 Å². The van der Waals surface area contributed by atoms with E-state index in [2.05, 4.69) is 15.5 Å². The van der Waals surface area contributed by atoms with E-state index in [1.54, 1.807) is 24.5 Å². The van der Waals surface area contributed by atoms with Crippen molar-refractivity contribution in [3.8, 4) is 0 Å². The third-order valence-corrected chi connectivity index (χ3v) is 3.21. The third-order valence-electron chi connectivity index (χ3n) is 2.01. The highest BCUT2D eigenvalue weighted by Crippen LogP contribution is 2.22. The van der Waals surface area contributed by atoms with Gasteiger partial charge in [0.15, 0.2) is 0 Å². The molecule has 88 valence electrons. The average molecular weight is 268 g/mol. The van der Waals surface area contributed by atoms with Crippen LogP contribution in [0.2, 0.25) is 4.34 Å². The lowest BCUT2D eigenvalue weighted by molar-refractivity contribution is -0.116. The topological polar surface area (TPSA) is 57.8 Å². The highest BCUT2D eigenvalue weighted by Gasteiger charge is 1.98. The van der Waals surface area contributed by atoms with Crippen LogP contribution in [0.15, 0.2) is 30.6 Å². The van der Waals surface area contributed by atoms with Gasteiger partial charge in [0, 0.05) is 29.3 Å². The van der Waals surface area contributed by atoms with Crippen LogP contribution < -0.4 is 5.32 Å². The molecule has 0 radical (unpaired) electrons. The first kappa shape index (κ1) is 11.9. The van der Waals surface area contributed by atoms with Gasteiger partial charge in [-0.25, -0.2) is 0 Å². The minimum Gasteiger partial charge on any atom is -0.348 e. The number of carbonyl (C=O) groups excluding carboxylic acids is 1. The predicted octanol–water partition coefficient (Wildman–Crippen LogP) is 2.45. The number of nitrogens with one attached hydrogen (secondary N) is 2. The second kappa shape index (κ2) is 5.65. The van der Waals surface area contributed by atoms with Gasteiger partial charge in [0.25, 0.3) is 0 Å². The summed E-state index contributed by atoms with van der Waals surface area (Å²) in [5.74, 6) is -0.143. The molecule has 0 spiro atoms. The second-order valence-electron chi connectivity index (χ2n) is 3.30. The number of aromatic nitrogens is 2. The van der Waals surface area contributed by atoms with E-state index in [9.17, 15) is 4.79 Å².